The monoisotopic (exact) mass is 253 g/mol. The summed E-state index contributed by atoms with van der Waals surface area (Å²) >= 11 is 0. The van der Waals surface area contributed by atoms with Gasteiger partial charge in [0.1, 0.15) is 0 Å². The summed E-state index contributed by atoms with van der Waals surface area (Å²) in [7, 11) is 0. The van der Waals surface area contributed by atoms with E-state index in [4.69, 9.17) is 0 Å². The van der Waals surface area contributed by atoms with Crippen molar-refractivity contribution in [2.75, 3.05) is 13.1 Å². The smallest absolute Gasteiger partial charge is 0.217 e. The predicted octanol–water partition coefficient (Wildman–Crippen LogP) is 2.91. The van der Waals surface area contributed by atoms with Crippen molar-refractivity contribution in [2.45, 2.75) is 53.4 Å². The molecule has 1 saturated heterocycles. The maximum absolute atomic E-state index is 10.7. The van der Waals surface area contributed by atoms with Gasteiger partial charge in [0.2, 0.25) is 5.91 Å². The Labute approximate surface area is 111 Å². The fourth-order valence-corrected chi connectivity index (χ4v) is 1.33. The lowest BCUT2D eigenvalue weighted by atomic mass is 10.3. The van der Waals surface area contributed by atoms with Crippen LogP contribution in [0.1, 0.15) is 53.4 Å². The van der Waals surface area contributed by atoms with Crippen LogP contribution in [0.4, 0.5) is 0 Å². The van der Waals surface area contributed by atoms with Crippen molar-refractivity contribution in [1.29, 1.82) is 0 Å². The molecule has 1 fully saturated rings. The highest BCUT2D eigenvalue weighted by atomic mass is 16.1. The number of rotatable bonds is 4. The SMILES string of the molecule is C=C1CCCN1/N=C(\C)CNC(C)=O.CCCC. The minimum atomic E-state index is -0.0280. The van der Waals surface area contributed by atoms with E-state index in [1.165, 1.54) is 19.8 Å². The van der Waals surface area contributed by atoms with Gasteiger partial charge in [-0.25, -0.2) is 0 Å². The maximum atomic E-state index is 10.7. The number of nitrogens with zero attached hydrogens (tertiary/aromatic N) is 2. The lowest BCUT2D eigenvalue weighted by Gasteiger charge is -2.13. The first kappa shape index (κ1) is 16.7. The van der Waals surface area contributed by atoms with Crippen LogP contribution in [0.15, 0.2) is 17.4 Å². The van der Waals surface area contributed by atoms with E-state index in [1.807, 2.05) is 11.9 Å². The molecule has 0 spiro atoms. The predicted molar refractivity (Wildman–Crippen MR) is 77.5 cm³/mol. The van der Waals surface area contributed by atoms with E-state index < -0.39 is 0 Å². The Morgan fingerprint density at radius 2 is 2.00 bits per heavy atom. The highest BCUT2D eigenvalue weighted by Crippen LogP contribution is 2.18. The maximum Gasteiger partial charge on any atom is 0.217 e. The van der Waals surface area contributed by atoms with Gasteiger partial charge in [-0.15, -0.1) is 0 Å². The third-order valence-electron chi connectivity index (χ3n) is 2.58. The van der Waals surface area contributed by atoms with Gasteiger partial charge in [-0.3, -0.25) is 9.80 Å². The molecule has 0 aliphatic carbocycles. The summed E-state index contributed by atoms with van der Waals surface area (Å²) in [5.74, 6) is -0.0280. The van der Waals surface area contributed by atoms with Gasteiger partial charge < -0.3 is 5.32 Å². The van der Waals surface area contributed by atoms with Crippen LogP contribution in [-0.2, 0) is 4.79 Å². The van der Waals surface area contributed by atoms with Gasteiger partial charge in [-0.2, -0.15) is 5.10 Å². The normalized spacial score (nSPS) is 15.2. The molecule has 0 aromatic carbocycles. The fraction of sp³-hybridized carbons (Fsp3) is 0.714. The van der Waals surface area contributed by atoms with E-state index >= 15 is 0 Å². The van der Waals surface area contributed by atoms with Gasteiger partial charge in [0.05, 0.1) is 12.3 Å². The first-order valence-corrected chi connectivity index (χ1v) is 6.75. The second-order valence-corrected chi connectivity index (χ2v) is 4.54. The molecule has 18 heavy (non-hydrogen) atoms. The molecule has 0 bridgehead atoms. The van der Waals surface area contributed by atoms with Gasteiger partial charge in [-0.1, -0.05) is 33.3 Å². The molecule has 0 aromatic heterocycles. The van der Waals surface area contributed by atoms with Crippen LogP contribution in [-0.4, -0.2) is 29.7 Å². The number of carbonyl (C=O) groups is 1. The highest BCUT2D eigenvalue weighted by Gasteiger charge is 2.13. The summed E-state index contributed by atoms with van der Waals surface area (Å²) < 4.78 is 0. The average Bonchev–Trinajstić information content (AvgIpc) is 2.73. The van der Waals surface area contributed by atoms with Crippen molar-refractivity contribution in [3.8, 4) is 0 Å². The van der Waals surface area contributed by atoms with Crippen LogP contribution in [0.3, 0.4) is 0 Å². The standard InChI is InChI=1S/C10H17N3O.C4H10/c1-8(7-11-10(3)14)12-13-6-4-5-9(13)2;1-3-4-2/h2,4-7H2,1,3H3,(H,11,14);3-4H2,1-2H3/b12-8+;. The summed E-state index contributed by atoms with van der Waals surface area (Å²) in [4.78, 5) is 10.7. The highest BCUT2D eigenvalue weighted by molar-refractivity contribution is 5.87. The third kappa shape index (κ3) is 7.87. The van der Waals surface area contributed by atoms with Gasteiger partial charge in [-0.05, 0) is 19.8 Å². The molecule has 0 saturated carbocycles. The summed E-state index contributed by atoms with van der Waals surface area (Å²) in [5.41, 5.74) is 1.97. The molecule has 1 aliphatic rings. The van der Waals surface area contributed by atoms with E-state index in [2.05, 4.69) is 30.8 Å². The quantitative estimate of drug-likeness (QED) is 0.783. The number of amides is 1. The molecule has 1 heterocycles. The molecule has 4 nitrogen and oxygen atoms in total. The molecule has 0 unspecified atom stereocenters. The summed E-state index contributed by atoms with van der Waals surface area (Å²) in [6.07, 6.45) is 4.78. The molecular weight excluding hydrogens is 226 g/mol. The van der Waals surface area contributed by atoms with Crippen molar-refractivity contribution in [1.82, 2.24) is 10.3 Å². The number of allylic oxidation sites excluding steroid dienone is 1. The van der Waals surface area contributed by atoms with Crippen molar-refractivity contribution in [3.05, 3.63) is 12.3 Å². The zero-order chi connectivity index (χ0) is 14.0. The Hall–Kier alpha value is -1.32. The number of carbonyl (C=O) groups excluding carboxylic acids is 1. The van der Waals surface area contributed by atoms with Crippen LogP contribution < -0.4 is 5.32 Å². The lowest BCUT2D eigenvalue weighted by Crippen LogP contribution is -2.27. The van der Waals surface area contributed by atoms with Gasteiger partial charge in [0, 0.05) is 19.2 Å². The van der Waals surface area contributed by atoms with E-state index in [9.17, 15) is 4.79 Å². The number of hydrogen-bond acceptors (Lipinski definition) is 3. The largest absolute Gasteiger partial charge is 0.351 e. The van der Waals surface area contributed by atoms with Crippen LogP contribution in [0.2, 0.25) is 0 Å². The van der Waals surface area contributed by atoms with Crippen molar-refractivity contribution < 1.29 is 4.79 Å². The minimum Gasteiger partial charge on any atom is -0.351 e. The first-order chi connectivity index (χ1) is 8.51. The Morgan fingerprint density at radius 1 is 1.39 bits per heavy atom. The number of hydrazone groups is 1. The molecule has 104 valence electrons. The number of hydrogen-bond donors (Lipinski definition) is 1. The van der Waals surface area contributed by atoms with E-state index in [-0.39, 0.29) is 5.91 Å². The number of nitrogens with one attached hydrogen (secondary N) is 1. The Bertz CT molecular complexity index is 295. The Morgan fingerprint density at radius 3 is 2.39 bits per heavy atom. The molecule has 1 aliphatic heterocycles. The van der Waals surface area contributed by atoms with Crippen LogP contribution in [0.5, 0.6) is 0 Å². The minimum absolute atomic E-state index is 0.0280. The third-order valence-corrected chi connectivity index (χ3v) is 2.58. The molecule has 1 amide bonds. The summed E-state index contributed by atoms with van der Waals surface area (Å²) in [6, 6.07) is 0. The first-order valence-electron chi connectivity index (χ1n) is 6.75. The van der Waals surface area contributed by atoms with Gasteiger partial charge >= 0.3 is 0 Å². The van der Waals surface area contributed by atoms with Crippen LogP contribution in [0, 0.1) is 0 Å². The van der Waals surface area contributed by atoms with Crippen LogP contribution >= 0.6 is 0 Å². The zero-order valence-corrected chi connectivity index (χ0v) is 12.3. The van der Waals surface area contributed by atoms with Gasteiger partial charge in [0.25, 0.3) is 0 Å². The molecular formula is C14H27N3O. The topological polar surface area (TPSA) is 44.7 Å². The average molecular weight is 253 g/mol. The van der Waals surface area contributed by atoms with E-state index in [0.717, 1.165) is 30.8 Å². The molecule has 1 N–H and O–H groups in total. The summed E-state index contributed by atoms with van der Waals surface area (Å²) in [5, 5.41) is 8.99. The zero-order valence-electron chi connectivity index (χ0n) is 12.3. The fourth-order valence-electron chi connectivity index (χ4n) is 1.33. The molecule has 4 heteroatoms. The van der Waals surface area contributed by atoms with Crippen molar-refractivity contribution >= 4 is 11.6 Å². The molecule has 0 radical (unpaired) electrons. The molecule has 0 atom stereocenters. The molecule has 0 aromatic rings. The van der Waals surface area contributed by atoms with E-state index in [0.29, 0.717) is 6.54 Å². The molecule has 1 rings (SSSR count). The number of unbranched alkanes of at least 4 members (excludes halogenated alkanes) is 1. The van der Waals surface area contributed by atoms with Crippen LogP contribution in [0.25, 0.3) is 0 Å². The van der Waals surface area contributed by atoms with Gasteiger partial charge in [0.15, 0.2) is 0 Å². The Balaban J connectivity index is 0.000000631. The second kappa shape index (κ2) is 9.68. The Kier molecular flexibility index (Phi) is 8.97. The van der Waals surface area contributed by atoms with Crippen molar-refractivity contribution in [2.24, 2.45) is 5.10 Å². The van der Waals surface area contributed by atoms with Crippen molar-refractivity contribution in [3.63, 3.8) is 0 Å². The second-order valence-electron chi connectivity index (χ2n) is 4.54. The summed E-state index contributed by atoms with van der Waals surface area (Å²) in [6.45, 7) is 13.1. The van der Waals surface area contributed by atoms with E-state index in [1.54, 1.807) is 0 Å². The lowest BCUT2D eigenvalue weighted by molar-refractivity contribution is -0.118.